The number of nitrogen functional groups attached to an aromatic ring is 1. The van der Waals surface area contributed by atoms with Crippen molar-refractivity contribution in [3.63, 3.8) is 0 Å². The van der Waals surface area contributed by atoms with E-state index in [2.05, 4.69) is 10.3 Å². The molecule has 0 spiro atoms. The lowest BCUT2D eigenvalue weighted by molar-refractivity contribution is -0.134. The summed E-state index contributed by atoms with van der Waals surface area (Å²) in [5, 5.41) is 19.5. The second-order valence-electron chi connectivity index (χ2n) is 2.48. The Balaban J connectivity index is 2.88. The summed E-state index contributed by atoms with van der Waals surface area (Å²) >= 11 is 0. The number of carboxylic acids is 1. The van der Waals surface area contributed by atoms with Crippen LogP contribution in [0.1, 0.15) is 5.56 Å². The number of nitrogens with two attached hydrogens (primary N) is 1. The number of rotatable bonds is 3. The molecule has 0 unspecified atom stereocenters. The molecule has 6 nitrogen and oxygen atoms in total. The number of pyridine rings is 1. The van der Waals surface area contributed by atoms with Crippen molar-refractivity contribution in [2.24, 2.45) is 0 Å². The van der Waals surface area contributed by atoms with Gasteiger partial charge in [0.25, 0.3) is 0 Å². The monoisotopic (exact) mass is 192 g/mol. The first-order valence-electron chi connectivity index (χ1n) is 3.75. The predicted molar refractivity (Wildman–Crippen MR) is 49.5 cm³/mol. The van der Waals surface area contributed by atoms with Crippen molar-refractivity contribution in [1.29, 1.82) is 5.26 Å². The molecule has 1 aromatic rings. The van der Waals surface area contributed by atoms with Gasteiger partial charge in [-0.25, -0.2) is 4.98 Å². The van der Waals surface area contributed by atoms with Crippen LogP contribution in [-0.2, 0) is 4.79 Å². The van der Waals surface area contributed by atoms with Gasteiger partial charge < -0.3 is 16.2 Å². The van der Waals surface area contributed by atoms with E-state index in [1.54, 1.807) is 0 Å². The van der Waals surface area contributed by atoms with Gasteiger partial charge in [-0.1, -0.05) is 0 Å². The Morgan fingerprint density at radius 2 is 2.50 bits per heavy atom. The number of carbonyl (C=O) groups is 1. The SMILES string of the molecule is N#Cc1ccnc(NCC(=O)O)c1N. The Hall–Kier alpha value is -2.29. The average molecular weight is 192 g/mol. The highest BCUT2D eigenvalue weighted by Crippen LogP contribution is 2.18. The minimum absolute atomic E-state index is 0.163. The molecule has 6 heteroatoms. The quantitative estimate of drug-likeness (QED) is 0.622. The van der Waals surface area contributed by atoms with E-state index in [0.717, 1.165) is 0 Å². The summed E-state index contributed by atoms with van der Waals surface area (Å²) in [6.45, 7) is -0.286. The molecule has 0 saturated heterocycles. The van der Waals surface area contributed by atoms with Gasteiger partial charge in [0, 0.05) is 6.20 Å². The van der Waals surface area contributed by atoms with E-state index in [1.807, 2.05) is 6.07 Å². The summed E-state index contributed by atoms with van der Waals surface area (Å²) in [6, 6.07) is 3.33. The molecule has 1 heterocycles. The van der Waals surface area contributed by atoms with Crippen LogP contribution in [0.4, 0.5) is 11.5 Å². The number of hydrogen-bond acceptors (Lipinski definition) is 5. The van der Waals surface area contributed by atoms with E-state index in [1.165, 1.54) is 12.3 Å². The van der Waals surface area contributed by atoms with Crippen molar-refractivity contribution in [1.82, 2.24) is 4.98 Å². The largest absolute Gasteiger partial charge is 0.480 e. The van der Waals surface area contributed by atoms with Gasteiger partial charge in [0.2, 0.25) is 0 Å². The fourth-order valence-electron chi connectivity index (χ4n) is 0.871. The molecule has 14 heavy (non-hydrogen) atoms. The summed E-state index contributed by atoms with van der Waals surface area (Å²) in [6.07, 6.45) is 1.39. The van der Waals surface area contributed by atoms with Crippen LogP contribution in [0.15, 0.2) is 12.3 Å². The highest BCUT2D eigenvalue weighted by atomic mass is 16.4. The van der Waals surface area contributed by atoms with Crippen LogP contribution in [0.2, 0.25) is 0 Å². The number of hydrogen-bond donors (Lipinski definition) is 3. The molecule has 0 aliphatic heterocycles. The van der Waals surface area contributed by atoms with E-state index >= 15 is 0 Å². The van der Waals surface area contributed by atoms with Crippen molar-refractivity contribution >= 4 is 17.5 Å². The molecule has 0 fully saturated rings. The van der Waals surface area contributed by atoms with Gasteiger partial charge in [-0.3, -0.25) is 4.79 Å². The molecule has 0 atom stereocenters. The molecule has 0 aliphatic carbocycles. The molecular formula is C8H8N4O2. The fourth-order valence-corrected chi connectivity index (χ4v) is 0.871. The normalized spacial score (nSPS) is 9.07. The van der Waals surface area contributed by atoms with E-state index in [0.29, 0.717) is 0 Å². The van der Waals surface area contributed by atoms with E-state index in [9.17, 15) is 4.79 Å². The summed E-state index contributed by atoms with van der Waals surface area (Å²) in [4.78, 5) is 14.1. The lowest BCUT2D eigenvalue weighted by Gasteiger charge is -2.05. The van der Waals surface area contributed by atoms with E-state index in [4.69, 9.17) is 16.1 Å². The smallest absolute Gasteiger partial charge is 0.322 e. The topological polar surface area (TPSA) is 112 Å². The number of nitrogens with zero attached hydrogens (tertiary/aromatic N) is 2. The van der Waals surface area contributed by atoms with Gasteiger partial charge in [-0.05, 0) is 6.07 Å². The first-order chi connectivity index (χ1) is 6.65. The highest BCUT2D eigenvalue weighted by Gasteiger charge is 2.06. The van der Waals surface area contributed by atoms with Crippen LogP contribution in [-0.4, -0.2) is 22.6 Å². The molecule has 0 aromatic carbocycles. The summed E-state index contributed by atoms with van der Waals surface area (Å²) < 4.78 is 0. The highest BCUT2D eigenvalue weighted by molar-refractivity contribution is 5.76. The maximum atomic E-state index is 10.2. The van der Waals surface area contributed by atoms with Crippen molar-refractivity contribution in [2.45, 2.75) is 0 Å². The molecule has 0 saturated carbocycles. The third kappa shape index (κ3) is 2.10. The zero-order valence-electron chi connectivity index (χ0n) is 7.19. The number of carboxylic acid groups (broad SMARTS) is 1. The lowest BCUT2D eigenvalue weighted by Crippen LogP contribution is -2.14. The van der Waals surface area contributed by atoms with Crippen LogP contribution in [0.25, 0.3) is 0 Å². The number of anilines is 2. The summed E-state index contributed by atoms with van der Waals surface area (Å²) in [5.41, 5.74) is 5.97. The molecule has 0 amide bonds. The van der Waals surface area contributed by atoms with Crippen LogP contribution in [0.5, 0.6) is 0 Å². The van der Waals surface area contributed by atoms with E-state index < -0.39 is 5.97 Å². The lowest BCUT2D eigenvalue weighted by atomic mass is 10.2. The van der Waals surface area contributed by atoms with Crippen molar-refractivity contribution < 1.29 is 9.90 Å². The Morgan fingerprint density at radius 3 is 3.07 bits per heavy atom. The first kappa shape index (κ1) is 9.80. The second-order valence-corrected chi connectivity index (χ2v) is 2.48. The molecule has 72 valence electrons. The summed E-state index contributed by atoms with van der Waals surface area (Å²) in [7, 11) is 0. The third-order valence-corrected chi connectivity index (χ3v) is 1.52. The number of nitriles is 1. The average Bonchev–Trinajstić information content (AvgIpc) is 2.16. The molecule has 0 radical (unpaired) electrons. The maximum Gasteiger partial charge on any atom is 0.322 e. The minimum Gasteiger partial charge on any atom is -0.480 e. The van der Waals surface area contributed by atoms with Crippen molar-refractivity contribution in [3.05, 3.63) is 17.8 Å². The molecule has 4 N–H and O–H groups in total. The number of nitrogens with one attached hydrogen (secondary N) is 1. The Morgan fingerprint density at radius 1 is 1.79 bits per heavy atom. The van der Waals surface area contributed by atoms with Gasteiger partial charge in [0.05, 0.1) is 11.3 Å². The van der Waals surface area contributed by atoms with Gasteiger partial charge in [0.15, 0.2) is 5.82 Å². The van der Waals surface area contributed by atoms with Crippen LogP contribution in [0, 0.1) is 11.3 Å². The second kappa shape index (κ2) is 4.09. The van der Waals surface area contributed by atoms with Gasteiger partial charge in [-0.2, -0.15) is 5.26 Å². The van der Waals surface area contributed by atoms with Crippen molar-refractivity contribution in [3.8, 4) is 6.07 Å². The van der Waals surface area contributed by atoms with Gasteiger partial charge in [0.1, 0.15) is 12.6 Å². The van der Waals surface area contributed by atoms with E-state index in [-0.39, 0.29) is 23.6 Å². The standard InChI is InChI=1S/C8H8N4O2/c9-3-5-1-2-11-8(7(5)10)12-4-6(13)14/h1-2H,4,10H2,(H,11,12)(H,13,14). The zero-order valence-corrected chi connectivity index (χ0v) is 7.19. The third-order valence-electron chi connectivity index (χ3n) is 1.52. The molecule has 0 aliphatic rings. The molecule has 1 aromatic heterocycles. The fraction of sp³-hybridized carbons (Fsp3) is 0.125. The van der Waals surface area contributed by atoms with Gasteiger partial charge in [-0.15, -0.1) is 0 Å². The Labute approximate surface area is 80.0 Å². The molecule has 1 rings (SSSR count). The predicted octanol–water partition coefficient (Wildman–Crippen LogP) is 0.0320. The first-order valence-corrected chi connectivity index (χ1v) is 3.75. The van der Waals surface area contributed by atoms with Crippen LogP contribution < -0.4 is 11.1 Å². The van der Waals surface area contributed by atoms with Crippen LogP contribution >= 0.6 is 0 Å². The Kier molecular flexibility index (Phi) is 2.86. The maximum absolute atomic E-state index is 10.2. The molecule has 0 bridgehead atoms. The van der Waals surface area contributed by atoms with Crippen LogP contribution in [0.3, 0.4) is 0 Å². The van der Waals surface area contributed by atoms with Crippen molar-refractivity contribution in [2.75, 3.05) is 17.6 Å². The number of aromatic nitrogens is 1. The minimum atomic E-state index is -1.02. The molecular weight excluding hydrogens is 184 g/mol. The zero-order chi connectivity index (χ0) is 10.6. The Bertz CT molecular complexity index is 397. The summed E-state index contributed by atoms with van der Waals surface area (Å²) in [5.74, 6) is -0.806. The number of aliphatic carboxylic acids is 1. The van der Waals surface area contributed by atoms with Gasteiger partial charge >= 0.3 is 5.97 Å².